The van der Waals surface area contributed by atoms with Crippen LogP contribution in [0.5, 0.6) is 5.75 Å². The van der Waals surface area contributed by atoms with Gasteiger partial charge in [0.05, 0.1) is 13.2 Å². The van der Waals surface area contributed by atoms with E-state index in [2.05, 4.69) is 6.07 Å². The van der Waals surface area contributed by atoms with Crippen molar-refractivity contribution >= 4 is 11.6 Å². The van der Waals surface area contributed by atoms with E-state index in [1.165, 1.54) is 0 Å². The first-order valence-electron chi connectivity index (χ1n) is 5.88. The van der Waals surface area contributed by atoms with Crippen LogP contribution >= 0.6 is 0 Å². The van der Waals surface area contributed by atoms with E-state index in [0.29, 0.717) is 12.8 Å². The van der Waals surface area contributed by atoms with Gasteiger partial charge >= 0.3 is 0 Å². The fraction of sp³-hybridized carbons (Fsp3) is 0.429. The van der Waals surface area contributed by atoms with Gasteiger partial charge in [-0.25, -0.2) is 0 Å². The van der Waals surface area contributed by atoms with Crippen molar-refractivity contribution in [2.24, 2.45) is 5.41 Å². The first-order chi connectivity index (χ1) is 8.54. The number of ether oxygens (including phenoxy) is 1. The number of benzene rings is 1. The van der Waals surface area contributed by atoms with Crippen LogP contribution in [0.25, 0.3) is 0 Å². The van der Waals surface area contributed by atoms with Crippen molar-refractivity contribution in [1.29, 1.82) is 5.26 Å². The first kappa shape index (κ1) is 12.4. The second kappa shape index (κ2) is 4.34. The van der Waals surface area contributed by atoms with Gasteiger partial charge in [0.25, 0.3) is 0 Å². The topological polar surface area (TPSA) is 53.3 Å². The summed E-state index contributed by atoms with van der Waals surface area (Å²) >= 11 is 0. The molecule has 1 amide bonds. The van der Waals surface area contributed by atoms with Gasteiger partial charge in [0.1, 0.15) is 11.2 Å². The summed E-state index contributed by atoms with van der Waals surface area (Å²) in [5.41, 5.74) is 0.985. The molecule has 1 aliphatic rings. The molecule has 0 bridgehead atoms. The number of carbonyl (C=O) groups is 1. The molecular weight excluding hydrogens is 228 g/mol. The molecule has 0 radical (unpaired) electrons. The summed E-state index contributed by atoms with van der Waals surface area (Å²) in [6, 6.07) is 7.68. The van der Waals surface area contributed by atoms with Crippen LogP contribution < -0.4 is 9.64 Å². The van der Waals surface area contributed by atoms with E-state index in [0.717, 1.165) is 17.0 Å². The van der Waals surface area contributed by atoms with Crippen LogP contribution in [0.15, 0.2) is 18.2 Å². The molecule has 1 aromatic rings. The Morgan fingerprint density at radius 2 is 2.17 bits per heavy atom. The van der Waals surface area contributed by atoms with Crippen molar-refractivity contribution in [1.82, 2.24) is 0 Å². The summed E-state index contributed by atoms with van der Waals surface area (Å²) in [5, 5.41) is 9.04. The molecule has 2 rings (SSSR count). The van der Waals surface area contributed by atoms with Crippen LogP contribution in [-0.2, 0) is 4.79 Å². The largest absolute Gasteiger partial charge is 0.496 e. The number of aryl methyl sites for hydroxylation is 1. The van der Waals surface area contributed by atoms with Gasteiger partial charge in [-0.15, -0.1) is 0 Å². The molecule has 0 N–H and O–H groups in total. The van der Waals surface area contributed by atoms with Gasteiger partial charge in [-0.1, -0.05) is 0 Å². The fourth-order valence-electron chi connectivity index (χ4n) is 2.01. The Morgan fingerprint density at radius 3 is 2.61 bits per heavy atom. The van der Waals surface area contributed by atoms with E-state index in [1.54, 1.807) is 19.1 Å². The third kappa shape index (κ3) is 1.92. The minimum absolute atomic E-state index is 0.116. The maximum Gasteiger partial charge on any atom is 0.247 e. The molecule has 1 aliphatic carbocycles. The Kier molecular flexibility index (Phi) is 3.00. The SMILES string of the molecule is COc1ccc(N(C)C(=O)C2(C#N)CC2)cc1C. The lowest BCUT2D eigenvalue weighted by Crippen LogP contribution is -2.33. The minimum atomic E-state index is -0.775. The molecule has 0 spiro atoms. The smallest absolute Gasteiger partial charge is 0.247 e. The number of anilines is 1. The molecule has 1 saturated carbocycles. The lowest BCUT2D eigenvalue weighted by molar-refractivity contribution is -0.121. The first-order valence-corrected chi connectivity index (χ1v) is 5.88. The number of carbonyl (C=O) groups excluding carboxylic acids is 1. The molecule has 1 aromatic carbocycles. The Balaban J connectivity index is 2.24. The Labute approximate surface area is 107 Å². The summed E-state index contributed by atoms with van der Waals surface area (Å²) in [6.07, 6.45) is 1.34. The van der Waals surface area contributed by atoms with Crippen molar-refractivity contribution in [2.45, 2.75) is 19.8 Å². The monoisotopic (exact) mass is 244 g/mol. The number of hydrogen-bond acceptors (Lipinski definition) is 3. The summed E-state index contributed by atoms with van der Waals surface area (Å²) in [5.74, 6) is 0.676. The van der Waals surface area contributed by atoms with E-state index >= 15 is 0 Å². The van der Waals surface area contributed by atoms with Crippen molar-refractivity contribution in [3.05, 3.63) is 23.8 Å². The predicted molar refractivity (Wildman–Crippen MR) is 68.4 cm³/mol. The second-order valence-electron chi connectivity index (χ2n) is 4.71. The minimum Gasteiger partial charge on any atom is -0.496 e. The van der Waals surface area contributed by atoms with Crippen molar-refractivity contribution in [3.8, 4) is 11.8 Å². The molecule has 1 fully saturated rings. The lowest BCUT2D eigenvalue weighted by Gasteiger charge is -2.20. The summed E-state index contributed by atoms with van der Waals surface area (Å²) < 4.78 is 5.19. The van der Waals surface area contributed by atoms with Crippen LogP contribution in [0.3, 0.4) is 0 Å². The van der Waals surface area contributed by atoms with Gasteiger partial charge < -0.3 is 9.64 Å². The van der Waals surface area contributed by atoms with Gasteiger partial charge in [0, 0.05) is 12.7 Å². The second-order valence-corrected chi connectivity index (χ2v) is 4.71. The highest BCUT2D eigenvalue weighted by Crippen LogP contribution is 2.46. The van der Waals surface area contributed by atoms with E-state index in [-0.39, 0.29) is 5.91 Å². The van der Waals surface area contributed by atoms with E-state index in [9.17, 15) is 4.79 Å². The molecule has 0 heterocycles. The van der Waals surface area contributed by atoms with E-state index < -0.39 is 5.41 Å². The molecular formula is C14H16N2O2. The number of amides is 1. The summed E-state index contributed by atoms with van der Waals surface area (Å²) in [7, 11) is 3.33. The molecule has 18 heavy (non-hydrogen) atoms. The van der Waals surface area contributed by atoms with Crippen LogP contribution in [-0.4, -0.2) is 20.1 Å². The third-order valence-electron chi connectivity index (χ3n) is 3.44. The Morgan fingerprint density at radius 1 is 1.50 bits per heavy atom. The van der Waals surface area contributed by atoms with Crippen molar-refractivity contribution in [2.75, 3.05) is 19.1 Å². The highest BCUT2D eigenvalue weighted by Gasteiger charge is 2.52. The predicted octanol–water partition coefficient (Wildman–Crippen LogP) is 2.27. The molecule has 0 atom stereocenters. The maximum absolute atomic E-state index is 12.2. The molecule has 0 aliphatic heterocycles. The normalized spacial score (nSPS) is 15.7. The highest BCUT2D eigenvalue weighted by molar-refractivity contribution is 6.00. The zero-order valence-corrected chi connectivity index (χ0v) is 10.9. The zero-order chi connectivity index (χ0) is 13.3. The number of methoxy groups -OCH3 is 1. The van der Waals surface area contributed by atoms with Crippen LogP contribution in [0.4, 0.5) is 5.69 Å². The van der Waals surface area contributed by atoms with Crippen LogP contribution in [0.2, 0.25) is 0 Å². The molecule has 4 nitrogen and oxygen atoms in total. The maximum atomic E-state index is 12.2. The standard InChI is InChI=1S/C14H16N2O2/c1-10-8-11(4-5-12(10)18-3)16(2)13(17)14(9-15)6-7-14/h4-5,8H,6-7H2,1-3H3. The number of nitrogens with zero attached hydrogens (tertiary/aromatic N) is 2. The average molecular weight is 244 g/mol. The number of hydrogen-bond donors (Lipinski definition) is 0. The van der Waals surface area contributed by atoms with Crippen molar-refractivity contribution in [3.63, 3.8) is 0 Å². The number of rotatable bonds is 3. The van der Waals surface area contributed by atoms with E-state index in [4.69, 9.17) is 10.00 Å². The summed E-state index contributed by atoms with van der Waals surface area (Å²) in [4.78, 5) is 13.8. The quantitative estimate of drug-likeness (QED) is 0.819. The van der Waals surface area contributed by atoms with Crippen LogP contribution in [0, 0.1) is 23.7 Å². The van der Waals surface area contributed by atoms with Crippen molar-refractivity contribution < 1.29 is 9.53 Å². The molecule has 0 saturated heterocycles. The Hall–Kier alpha value is -2.02. The van der Waals surface area contributed by atoms with Gasteiger partial charge in [-0.3, -0.25) is 4.79 Å². The summed E-state index contributed by atoms with van der Waals surface area (Å²) in [6.45, 7) is 1.93. The van der Waals surface area contributed by atoms with Gasteiger partial charge in [-0.05, 0) is 43.5 Å². The zero-order valence-electron chi connectivity index (χ0n) is 10.9. The van der Waals surface area contributed by atoms with E-state index in [1.807, 2.05) is 25.1 Å². The highest BCUT2D eigenvalue weighted by atomic mass is 16.5. The third-order valence-corrected chi connectivity index (χ3v) is 3.44. The molecule has 0 unspecified atom stereocenters. The molecule has 0 aromatic heterocycles. The Bertz CT molecular complexity index is 527. The van der Waals surface area contributed by atoms with Gasteiger partial charge in [-0.2, -0.15) is 5.26 Å². The lowest BCUT2D eigenvalue weighted by atomic mass is 10.1. The molecule has 4 heteroatoms. The average Bonchev–Trinajstić information content (AvgIpc) is 3.18. The molecule has 94 valence electrons. The van der Waals surface area contributed by atoms with Crippen LogP contribution in [0.1, 0.15) is 18.4 Å². The number of nitriles is 1. The fourth-order valence-corrected chi connectivity index (χ4v) is 2.01. The van der Waals surface area contributed by atoms with Gasteiger partial charge in [0.2, 0.25) is 5.91 Å². The van der Waals surface area contributed by atoms with Gasteiger partial charge in [0.15, 0.2) is 0 Å².